The van der Waals surface area contributed by atoms with Crippen molar-refractivity contribution in [3.8, 4) is 0 Å². The molecule has 0 saturated carbocycles. The SMILES string of the molecule is CCOC(=O)OCCN(C(=O)OCC)[C@@H]1CCS(=O)(=O)C1. The predicted octanol–water partition coefficient (Wildman–Crippen LogP) is 0.805. The molecule has 0 bridgehead atoms. The average Bonchev–Trinajstić information content (AvgIpc) is 2.75. The number of hydrogen-bond acceptors (Lipinski definition) is 7. The maximum Gasteiger partial charge on any atom is 0.508 e. The molecule has 1 rings (SSSR count). The normalized spacial score (nSPS) is 19.8. The first kappa shape index (κ1) is 17.5. The summed E-state index contributed by atoms with van der Waals surface area (Å²) in [5.41, 5.74) is 0. The third-order valence-corrected chi connectivity index (χ3v) is 4.72. The summed E-state index contributed by atoms with van der Waals surface area (Å²) in [5, 5.41) is 0. The van der Waals surface area contributed by atoms with Crippen molar-refractivity contribution in [1.29, 1.82) is 0 Å². The van der Waals surface area contributed by atoms with Crippen LogP contribution in [0.1, 0.15) is 20.3 Å². The second kappa shape index (κ2) is 8.06. The minimum Gasteiger partial charge on any atom is -0.450 e. The van der Waals surface area contributed by atoms with Gasteiger partial charge in [-0.15, -0.1) is 0 Å². The Balaban J connectivity index is 2.57. The highest BCUT2D eigenvalue weighted by Crippen LogP contribution is 2.18. The molecule has 0 aliphatic carbocycles. The van der Waals surface area contributed by atoms with Crippen molar-refractivity contribution in [2.24, 2.45) is 0 Å². The van der Waals surface area contributed by atoms with Crippen molar-refractivity contribution in [3.63, 3.8) is 0 Å². The van der Waals surface area contributed by atoms with Crippen molar-refractivity contribution in [2.75, 3.05) is 37.9 Å². The van der Waals surface area contributed by atoms with E-state index >= 15 is 0 Å². The molecule has 8 nitrogen and oxygen atoms in total. The smallest absolute Gasteiger partial charge is 0.450 e. The van der Waals surface area contributed by atoms with Crippen LogP contribution in [0, 0.1) is 0 Å². The Morgan fingerprint density at radius 3 is 2.33 bits per heavy atom. The lowest BCUT2D eigenvalue weighted by atomic mass is 10.2. The van der Waals surface area contributed by atoms with Gasteiger partial charge in [0.15, 0.2) is 9.84 Å². The third-order valence-electron chi connectivity index (χ3n) is 2.97. The molecule has 0 N–H and O–H groups in total. The molecule has 1 aliphatic rings. The van der Waals surface area contributed by atoms with Crippen LogP contribution in [-0.4, -0.2) is 69.5 Å². The maximum atomic E-state index is 11.9. The third kappa shape index (κ3) is 5.78. The van der Waals surface area contributed by atoms with E-state index in [9.17, 15) is 18.0 Å². The Bertz CT molecular complexity index is 462. The molecule has 1 heterocycles. The predicted molar refractivity (Wildman–Crippen MR) is 73.8 cm³/mol. The Labute approximate surface area is 124 Å². The van der Waals surface area contributed by atoms with Gasteiger partial charge >= 0.3 is 12.2 Å². The minimum atomic E-state index is -3.12. The van der Waals surface area contributed by atoms with Crippen LogP contribution in [0.2, 0.25) is 0 Å². The molecular weight excluding hydrogens is 302 g/mol. The summed E-state index contributed by atoms with van der Waals surface area (Å²) >= 11 is 0. The second-order valence-corrected chi connectivity index (χ2v) is 6.71. The van der Waals surface area contributed by atoms with Crippen LogP contribution in [0.5, 0.6) is 0 Å². The Hall–Kier alpha value is -1.51. The van der Waals surface area contributed by atoms with Gasteiger partial charge in [-0.25, -0.2) is 18.0 Å². The highest BCUT2D eigenvalue weighted by molar-refractivity contribution is 7.91. The van der Waals surface area contributed by atoms with Gasteiger partial charge in [-0.3, -0.25) is 0 Å². The van der Waals surface area contributed by atoms with Crippen molar-refractivity contribution >= 4 is 22.1 Å². The van der Waals surface area contributed by atoms with Crippen molar-refractivity contribution in [2.45, 2.75) is 26.3 Å². The molecule has 0 unspecified atom stereocenters. The van der Waals surface area contributed by atoms with Crippen LogP contribution in [-0.2, 0) is 24.0 Å². The molecule has 21 heavy (non-hydrogen) atoms. The second-order valence-electron chi connectivity index (χ2n) is 4.48. The molecule has 0 spiro atoms. The topological polar surface area (TPSA) is 99.2 Å². The van der Waals surface area contributed by atoms with E-state index in [1.165, 1.54) is 4.90 Å². The molecule has 0 aromatic carbocycles. The zero-order valence-corrected chi connectivity index (χ0v) is 13.1. The first-order valence-electron chi connectivity index (χ1n) is 6.83. The van der Waals surface area contributed by atoms with Gasteiger partial charge in [-0.05, 0) is 20.3 Å². The van der Waals surface area contributed by atoms with E-state index < -0.39 is 28.1 Å². The molecule has 1 amide bonds. The lowest BCUT2D eigenvalue weighted by Crippen LogP contribution is -2.43. The van der Waals surface area contributed by atoms with Crippen LogP contribution >= 0.6 is 0 Å². The van der Waals surface area contributed by atoms with Gasteiger partial charge in [-0.2, -0.15) is 0 Å². The lowest BCUT2D eigenvalue weighted by molar-refractivity contribution is 0.0428. The summed E-state index contributed by atoms with van der Waals surface area (Å²) in [6.45, 7) is 3.69. The molecule has 1 saturated heterocycles. The standard InChI is InChI=1S/C12H21NO7S/c1-3-18-11(14)13(6-7-20-12(15)19-4-2)10-5-8-21(16,17)9-10/h10H,3-9H2,1-2H3/t10-/m1/s1. The number of sulfone groups is 1. The van der Waals surface area contributed by atoms with Crippen LogP contribution in [0.15, 0.2) is 0 Å². The molecule has 1 atom stereocenters. The monoisotopic (exact) mass is 323 g/mol. The highest BCUT2D eigenvalue weighted by atomic mass is 32.2. The van der Waals surface area contributed by atoms with Gasteiger partial charge in [0.25, 0.3) is 0 Å². The molecule has 0 radical (unpaired) electrons. The van der Waals surface area contributed by atoms with Gasteiger partial charge in [0.1, 0.15) is 6.61 Å². The summed E-state index contributed by atoms with van der Waals surface area (Å²) in [5.74, 6) is -0.0441. The van der Waals surface area contributed by atoms with Gasteiger partial charge in [0.05, 0.1) is 37.3 Å². The average molecular weight is 323 g/mol. The van der Waals surface area contributed by atoms with E-state index in [4.69, 9.17) is 9.47 Å². The molecule has 1 aliphatic heterocycles. The molecule has 0 aromatic heterocycles. The van der Waals surface area contributed by atoms with E-state index in [1.54, 1.807) is 13.8 Å². The fourth-order valence-electron chi connectivity index (χ4n) is 2.04. The quantitative estimate of drug-likeness (QED) is 0.667. The Kier molecular flexibility index (Phi) is 6.73. The molecule has 0 aromatic rings. The number of nitrogens with zero attached hydrogens (tertiary/aromatic N) is 1. The summed E-state index contributed by atoms with van der Waals surface area (Å²) in [6.07, 6.45) is -1.06. The van der Waals surface area contributed by atoms with Gasteiger partial charge in [-0.1, -0.05) is 0 Å². The van der Waals surface area contributed by atoms with Crippen LogP contribution in [0.4, 0.5) is 9.59 Å². The van der Waals surface area contributed by atoms with Crippen LogP contribution in [0.3, 0.4) is 0 Å². The first-order chi connectivity index (χ1) is 9.89. The number of hydrogen-bond donors (Lipinski definition) is 0. The van der Waals surface area contributed by atoms with Gasteiger partial charge < -0.3 is 19.1 Å². The number of rotatable bonds is 6. The fraction of sp³-hybridized carbons (Fsp3) is 0.833. The van der Waals surface area contributed by atoms with E-state index in [0.717, 1.165) is 0 Å². The Morgan fingerprint density at radius 1 is 1.14 bits per heavy atom. The number of carbonyl (C=O) groups is 2. The summed E-state index contributed by atoms with van der Waals surface area (Å²) in [4.78, 5) is 24.2. The number of amides is 1. The first-order valence-corrected chi connectivity index (χ1v) is 8.65. The van der Waals surface area contributed by atoms with Crippen molar-refractivity contribution < 1.29 is 32.2 Å². The highest BCUT2D eigenvalue weighted by Gasteiger charge is 2.35. The van der Waals surface area contributed by atoms with Crippen molar-refractivity contribution in [3.05, 3.63) is 0 Å². The zero-order valence-electron chi connectivity index (χ0n) is 12.2. The molecule has 122 valence electrons. The van der Waals surface area contributed by atoms with Gasteiger partial charge in [0.2, 0.25) is 0 Å². The summed E-state index contributed by atoms with van der Waals surface area (Å²) in [6, 6.07) is -0.445. The van der Waals surface area contributed by atoms with Gasteiger partial charge in [0, 0.05) is 0 Å². The Morgan fingerprint density at radius 2 is 1.81 bits per heavy atom. The largest absolute Gasteiger partial charge is 0.508 e. The van der Waals surface area contributed by atoms with E-state index in [-0.39, 0.29) is 37.9 Å². The summed E-state index contributed by atoms with van der Waals surface area (Å²) in [7, 11) is -3.12. The fourth-order valence-corrected chi connectivity index (χ4v) is 3.77. The maximum absolute atomic E-state index is 11.9. The lowest BCUT2D eigenvalue weighted by Gasteiger charge is -2.26. The molecule has 9 heteroatoms. The van der Waals surface area contributed by atoms with Crippen LogP contribution in [0.25, 0.3) is 0 Å². The van der Waals surface area contributed by atoms with Crippen molar-refractivity contribution in [1.82, 2.24) is 4.90 Å². The van der Waals surface area contributed by atoms with Crippen LogP contribution < -0.4 is 0 Å². The number of ether oxygens (including phenoxy) is 3. The minimum absolute atomic E-state index is 0.0479. The zero-order chi connectivity index (χ0) is 15.9. The molecule has 1 fully saturated rings. The van der Waals surface area contributed by atoms with E-state index in [2.05, 4.69) is 4.74 Å². The summed E-state index contributed by atoms with van der Waals surface area (Å²) < 4.78 is 37.3. The van der Waals surface area contributed by atoms with E-state index in [0.29, 0.717) is 6.42 Å². The molecular formula is C12H21NO7S. The van der Waals surface area contributed by atoms with E-state index in [1.807, 2.05) is 0 Å². The number of carbonyl (C=O) groups excluding carboxylic acids is 2.